The first-order valence-corrected chi connectivity index (χ1v) is 29.8. The van der Waals surface area contributed by atoms with Crippen molar-refractivity contribution in [3.8, 4) is 0 Å². The maximum absolute atomic E-state index is 12.9. The van der Waals surface area contributed by atoms with Gasteiger partial charge >= 0.3 is 17.9 Å². The van der Waals surface area contributed by atoms with E-state index in [0.717, 1.165) is 69.6 Å². The summed E-state index contributed by atoms with van der Waals surface area (Å²) in [6, 6.07) is 0. The van der Waals surface area contributed by atoms with Crippen LogP contribution in [0.4, 0.5) is 0 Å². The molecular formula is C60H116O6. The second-order valence-electron chi connectivity index (χ2n) is 21.4. The van der Waals surface area contributed by atoms with Gasteiger partial charge in [-0.1, -0.05) is 298 Å². The van der Waals surface area contributed by atoms with Crippen LogP contribution in [0.25, 0.3) is 0 Å². The quantitative estimate of drug-likeness (QED) is 0.0343. The smallest absolute Gasteiger partial charge is 0.306 e. The molecule has 0 aromatic carbocycles. The Morgan fingerprint density at radius 2 is 0.576 bits per heavy atom. The van der Waals surface area contributed by atoms with Gasteiger partial charge in [0, 0.05) is 19.3 Å². The van der Waals surface area contributed by atoms with Crippen molar-refractivity contribution in [3.63, 3.8) is 0 Å². The molecule has 0 aliphatic rings. The molecule has 0 spiro atoms. The van der Waals surface area contributed by atoms with Crippen LogP contribution in [-0.4, -0.2) is 37.2 Å². The van der Waals surface area contributed by atoms with Gasteiger partial charge in [-0.15, -0.1) is 0 Å². The number of ether oxygens (including phenoxy) is 3. The van der Waals surface area contributed by atoms with Gasteiger partial charge in [0.15, 0.2) is 6.10 Å². The molecule has 6 nitrogen and oxygen atoms in total. The lowest BCUT2D eigenvalue weighted by atomic mass is 9.99. The highest BCUT2D eigenvalue weighted by Gasteiger charge is 2.19. The number of hydrogen-bond donors (Lipinski definition) is 0. The molecule has 0 aromatic heterocycles. The summed E-state index contributed by atoms with van der Waals surface area (Å²) in [5.74, 6) is 0.867. The maximum Gasteiger partial charge on any atom is 0.306 e. The number of esters is 3. The third kappa shape index (κ3) is 51.8. The number of rotatable bonds is 54. The Labute approximate surface area is 412 Å². The Balaban J connectivity index is 4.26. The van der Waals surface area contributed by atoms with Gasteiger partial charge in [0.05, 0.1) is 0 Å². The molecule has 66 heavy (non-hydrogen) atoms. The summed E-state index contributed by atoms with van der Waals surface area (Å²) in [4.78, 5) is 38.1. The van der Waals surface area contributed by atoms with Crippen LogP contribution in [0.3, 0.4) is 0 Å². The van der Waals surface area contributed by atoms with Crippen molar-refractivity contribution in [2.75, 3.05) is 13.2 Å². The zero-order valence-electron chi connectivity index (χ0n) is 45.3. The molecule has 0 amide bonds. The second kappa shape index (κ2) is 52.8. The van der Waals surface area contributed by atoms with Crippen molar-refractivity contribution < 1.29 is 28.6 Å². The van der Waals surface area contributed by atoms with Gasteiger partial charge < -0.3 is 14.2 Å². The molecule has 0 saturated heterocycles. The molecule has 2 atom stereocenters. The van der Waals surface area contributed by atoms with E-state index in [0.29, 0.717) is 19.3 Å². The minimum atomic E-state index is -0.763. The largest absolute Gasteiger partial charge is 0.462 e. The topological polar surface area (TPSA) is 78.9 Å². The Morgan fingerprint density at radius 3 is 0.864 bits per heavy atom. The highest BCUT2D eigenvalue weighted by molar-refractivity contribution is 5.71. The molecule has 0 saturated carbocycles. The average Bonchev–Trinajstić information content (AvgIpc) is 3.30. The van der Waals surface area contributed by atoms with Crippen molar-refractivity contribution in [2.45, 2.75) is 343 Å². The van der Waals surface area contributed by atoms with Gasteiger partial charge in [-0.3, -0.25) is 14.4 Å². The molecule has 0 fully saturated rings. The van der Waals surface area contributed by atoms with Crippen molar-refractivity contribution >= 4 is 17.9 Å². The fourth-order valence-electron chi connectivity index (χ4n) is 9.20. The maximum atomic E-state index is 12.9. The van der Waals surface area contributed by atoms with Crippen LogP contribution in [0.5, 0.6) is 0 Å². The highest BCUT2D eigenvalue weighted by Crippen LogP contribution is 2.19. The van der Waals surface area contributed by atoms with E-state index < -0.39 is 6.10 Å². The van der Waals surface area contributed by atoms with Crippen LogP contribution >= 0.6 is 0 Å². The molecule has 1 unspecified atom stereocenters. The minimum Gasteiger partial charge on any atom is -0.462 e. The normalized spacial score (nSPS) is 12.5. The summed E-state index contributed by atoms with van der Waals surface area (Å²) in [5, 5.41) is 0. The molecule has 0 rings (SSSR count). The van der Waals surface area contributed by atoms with E-state index >= 15 is 0 Å². The molecule has 392 valence electrons. The van der Waals surface area contributed by atoms with Crippen LogP contribution < -0.4 is 0 Å². The zero-order chi connectivity index (χ0) is 48.2. The molecule has 6 heteroatoms. The summed E-state index contributed by atoms with van der Waals surface area (Å²) >= 11 is 0. The Morgan fingerprint density at radius 1 is 0.318 bits per heavy atom. The van der Waals surface area contributed by atoms with E-state index in [-0.39, 0.29) is 31.1 Å². The molecule has 0 aliphatic heterocycles. The Hall–Kier alpha value is -1.59. The lowest BCUT2D eigenvalue weighted by molar-refractivity contribution is -0.167. The average molecular weight is 934 g/mol. The van der Waals surface area contributed by atoms with Crippen LogP contribution in [-0.2, 0) is 28.6 Å². The molecule has 0 N–H and O–H groups in total. The third-order valence-electron chi connectivity index (χ3n) is 14.1. The first-order chi connectivity index (χ1) is 32.3. The molecule has 0 heterocycles. The summed E-state index contributed by atoms with van der Waals surface area (Å²) in [5.41, 5.74) is 0. The molecule has 0 aliphatic carbocycles. The van der Waals surface area contributed by atoms with Gasteiger partial charge in [0.1, 0.15) is 13.2 Å². The van der Waals surface area contributed by atoms with Crippen molar-refractivity contribution in [3.05, 3.63) is 0 Å². The summed E-state index contributed by atoms with van der Waals surface area (Å²) in [7, 11) is 0. The summed E-state index contributed by atoms with van der Waals surface area (Å²) in [6.45, 7) is 11.4. The second-order valence-corrected chi connectivity index (χ2v) is 21.4. The first kappa shape index (κ1) is 64.4. The summed E-state index contributed by atoms with van der Waals surface area (Å²) < 4.78 is 16.9. The van der Waals surface area contributed by atoms with Crippen molar-refractivity contribution in [2.24, 2.45) is 11.8 Å². The van der Waals surface area contributed by atoms with E-state index in [9.17, 15) is 14.4 Å². The van der Waals surface area contributed by atoms with Crippen LogP contribution in [0.2, 0.25) is 0 Å². The van der Waals surface area contributed by atoms with Crippen LogP contribution in [0.15, 0.2) is 0 Å². The van der Waals surface area contributed by atoms with Gasteiger partial charge in [-0.05, 0) is 31.1 Å². The van der Waals surface area contributed by atoms with Crippen molar-refractivity contribution in [1.29, 1.82) is 0 Å². The van der Waals surface area contributed by atoms with Gasteiger partial charge in [0.2, 0.25) is 0 Å². The highest BCUT2D eigenvalue weighted by atomic mass is 16.6. The predicted octanol–water partition coefficient (Wildman–Crippen LogP) is 19.7. The van der Waals surface area contributed by atoms with E-state index in [1.807, 2.05) is 0 Å². The van der Waals surface area contributed by atoms with E-state index in [1.54, 1.807) is 0 Å². The molecule has 0 bridgehead atoms. The van der Waals surface area contributed by atoms with Crippen LogP contribution in [0, 0.1) is 11.8 Å². The number of carbonyl (C=O) groups is 3. The zero-order valence-corrected chi connectivity index (χ0v) is 45.3. The number of hydrogen-bond acceptors (Lipinski definition) is 6. The monoisotopic (exact) mass is 933 g/mol. The fourth-order valence-corrected chi connectivity index (χ4v) is 9.20. The Kier molecular flexibility index (Phi) is 51.5. The van der Waals surface area contributed by atoms with E-state index in [4.69, 9.17) is 14.2 Å². The molecule has 0 radical (unpaired) electrons. The van der Waals surface area contributed by atoms with E-state index in [1.165, 1.54) is 225 Å². The number of carbonyl (C=O) groups excluding carboxylic acids is 3. The lowest BCUT2D eigenvalue weighted by Crippen LogP contribution is -2.30. The third-order valence-corrected chi connectivity index (χ3v) is 14.1. The summed E-state index contributed by atoms with van der Waals surface area (Å²) in [6.07, 6.45) is 56.7. The Bertz CT molecular complexity index is 1010. The SMILES string of the molecule is CCCCCCCCCCCCCCCCCC(=O)OC[C@@H](COC(=O)CCCCCCCCCCC(C)CC)OC(=O)CCCCCCCCCCCCCCCCCCCCC(C)C. The van der Waals surface area contributed by atoms with Crippen molar-refractivity contribution in [1.82, 2.24) is 0 Å². The molecular weight excluding hydrogens is 817 g/mol. The fraction of sp³-hybridized carbons (Fsp3) is 0.950. The minimum absolute atomic E-state index is 0.0628. The lowest BCUT2D eigenvalue weighted by Gasteiger charge is -2.18. The molecule has 0 aromatic rings. The van der Waals surface area contributed by atoms with Gasteiger partial charge in [0.25, 0.3) is 0 Å². The van der Waals surface area contributed by atoms with E-state index in [2.05, 4.69) is 34.6 Å². The standard InChI is InChI=1S/C60H116O6/c1-6-8-9-10-11-12-13-14-19-23-26-29-35-40-45-50-58(61)64-53-57(54-65-59(62)51-46-41-36-32-31-34-39-44-49-56(5)7-2)66-60(63)52-47-42-37-30-27-24-21-18-16-15-17-20-22-25-28-33-38-43-48-55(3)4/h55-57H,6-54H2,1-5H3/t56?,57-/m0/s1. The van der Waals surface area contributed by atoms with Crippen LogP contribution in [0.1, 0.15) is 336 Å². The van der Waals surface area contributed by atoms with Gasteiger partial charge in [-0.25, -0.2) is 0 Å². The van der Waals surface area contributed by atoms with Gasteiger partial charge in [-0.2, -0.15) is 0 Å². The number of unbranched alkanes of at least 4 members (excludes halogenated alkanes) is 38. The first-order valence-electron chi connectivity index (χ1n) is 29.8. The predicted molar refractivity (Wildman–Crippen MR) is 284 cm³/mol.